The van der Waals surface area contributed by atoms with Crippen molar-refractivity contribution < 1.29 is 14.6 Å². The summed E-state index contributed by atoms with van der Waals surface area (Å²) in [6.45, 7) is 0. The molecule has 2 N–H and O–H groups in total. The lowest BCUT2D eigenvalue weighted by Gasteiger charge is -2.37. The fourth-order valence-corrected chi connectivity index (χ4v) is 2.65. The number of carboxylic acid groups (broad SMARTS) is 1. The van der Waals surface area contributed by atoms with E-state index in [2.05, 4.69) is 5.32 Å². The van der Waals surface area contributed by atoms with Crippen molar-refractivity contribution >= 4 is 23.3 Å². The largest absolute Gasteiger partial charge is 0.480 e. The van der Waals surface area contributed by atoms with Gasteiger partial charge in [-0.3, -0.25) is 0 Å². The number of ether oxygens (including phenoxy) is 1. The Labute approximate surface area is 117 Å². The number of rotatable bonds is 4. The van der Waals surface area contributed by atoms with E-state index < -0.39 is 11.5 Å². The van der Waals surface area contributed by atoms with E-state index in [4.69, 9.17) is 16.3 Å². The minimum atomic E-state index is -0.900. The van der Waals surface area contributed by atoms with E-state index in [0.717, 1.165) is 18.5 Å². The van der Waals surface area contributed by atoms with E-state index in [9.17, 15) is 9.90 Å². The normalized spacial score (nSPS) is 26.9. The fourth-order valence-electron chi connectivity index (χ4n) is 2.52. The zero-order valence-electron chi connectivity index (χ0n) is 10.9. The number of hydrogen-bond donors (Lipinski definition) is 2. The monoisotopic (exact) mass is 283 g/mol. The van der Waals surface area contributed by atoms with Crippen LogP contribution in [0.1, 0.15) is 25.7 Å². The summed E-state index contributed by atoms with van der Waals surface area (Å²) < 4.78 is 5.29. The summed E-state index contributed by atoms with van der Waals surface area (Å²) in [5.74, 6) is -0.808. The van der Waals surface area contributed by atoms with Gasteiger partial charge in [-0.15, -0.1) is 0 Å². The van der Waals surface area contributed by atoms with Crippen LogP contribution in [0, 0.1) is 0 Å². The zero-order chi connectivity index (χ0) is 13.9. The van der Waals surface area contributed by atoms with Crippen LogP contribution in [-0.2, 0) is 9.53 Å². The molecule has 0 atom stereocenters. The Kier molecular flexibility index (Phi) is 4.32. The van der Waals surface area contributed by atoms with Crippen LogP contribution >= 0.6 is 11.6 Å². The van der Waals surface area contributed by atoms with Crippen LogP contribution in [0.25, 0.3) is 0 Å². The third kappa shape index (κ3) is 3.19. The molecule has 0 amide bonds. The molecule has 1 aliphatic carbocycles. The third-order valence-electron chi connectivity index (χ3n) is 3.76. The predicted molar refractivity (Wildman–Crippen MR) is 74.7 cm³/mol. The molecule has 1 saturated carbocycles. The average Bonchev–Trinajstić information content (AvgIpc) is 2.42. The molecule has 104 valence electrons. The fraction of sp³-hybridized carbons (Fsp3) is 0.500. The summed E-state index contributed by atoms with van der Waals surface area (Å²) in [5, 5.41) is 13.3. The van der Waals surface area contributed by atoms with Gasteiger partial charge in [0.05, 0.1) is 6.10 Å². The summed E-state index contributed by atoms with van der Waals surface area (Å²) >= 11 is 5.83. The first-order valence-electron chi connectivity index (χ1n) is 6.36. The lowest BCUT2D eigenvalue weighted by molar-refractivity contribution is -0.144. The highest BCUT2D eigenvalue weighted by Gasteiger charge is 2.42. The van der Waals surface area contributed by atoms with Gasteiger partial charge in [0.2, 0.25) is 0 Å². The maximum Gasteiger partial charge on any atom is 0.329 e. The number of aliphatic carboxylic acids is 1. The molecule has 0 spiro atoms. The lowest BCUT2D eigenvalue weighted by Crippen LogP contribution is -2.50. The number of hydrogen-bond acceptors (Lipinski definition) is 3. The van der Waals surface area contributed by atoms with Gasteiger partial charge in [0.15, 0.2) is 0 Å². The molecule has 0 radical (unpaired) electrons. The molecule has 2 rings (SSSR count). The van der Waals surface area contributed by atoms with Gasteiger partial charge in [0.25, 0.3) is 0 Å². The molecule has 1 fully saturated rings. The van der Waals surface area contributed by atoms with Gasteiger partial charge in [0.1, 0.15) is 5.54 Å². The van der Waals surface area contributed by atoms with Crippen LogP contribution < -0.4 is 5.32 Å². The highest BCUT2D eigenvalue weighted by molar-refractivity contribution is 6.30. The lowest BCUT2D eigenvalue weighted by atomic mass is 9.80. The van der Waals surface area contributed by atoms with Crippen LogP contribution in [-0.4, -0.2) is 29.8 Å². The number of benzene rings is 1. The van der Waals surface area contributed by atoms with Gasteiger partial charge < -0.3 is 15.2 Å². The molecule has 4 nitrogen and oxygen atoms in total. The second kappa shape index (κ2) is 5.80. The van der Waals surface area contributed by atoms with Crippen molar-refractivity contribution in [2.75, 3.05) is 12.4 Å². The number of methoxy groups -OCH3 is 1. The van der Waals surface area contributed by atoms with E-state index in [1.807, 2.05) is 0 Å². The zero-order valence-corrected chi connectivity index (χ0v) is 11.6. The Bertz CT molecular complexity index is 439. The second-order valence-electron chi connectivity index (χ2n) is 4.95. The maximum absolute atomic E-state index is 11.6. The molecule has 0 heterocycles. The minimum Gasteiger partial charge on any atom is -0.480 e. The molecule has 1 aliphatic rings. The Morgan fingerprint density at radius 1 is 1.37 bits per heavy atom. The predicted octanol–water partition coefficient (Wildman–Crippen LogP) is 3.16. The summed E-state index contributed by atoms with van der Waals surface area (Å²) in [6, 6.07) is 7.10. The minimum absolute atomic E-state index is 0.166. The highest BCUT2D eigenvalue weighted by atomic mass is 35.5. The van der Waals surface area contributed by atoms with Crippen LogP contribution in [0.5, 0.6) is 0 Å². The average molecular weight is 284 g/mol. The number of carboxylic acids is 1. The Hall–Kier alpha value is -1.26. The molecule has 0 unspecified atom stereocenters. The molecule has 0 saturated heterocycles. The van der Waals surface area contributed by atoms with Gasteiger partial charge >= 0.3 is 5.97 Å². The van der Waals surface area contributed by atoms with Gasteiger partial charge in [-0.05, 0) is 49.9 Å². The van der Waals surface area contributed by atoms with Crippen molar-refractivity contribution in [2.24, 2.45) is 0 Å². The van der Waals surface area contributed by atoms with Crippen molar-refractivity contribution in [1.82, 2.24) is 0 Å². The van der Waals surface area contributed by atoms with E-state index >= 15 is 0 Å². The molecule has 1 aromatic rings. The van der Waals surface area contributed by atoms with Crippen LogP contribution in [0.3, 0.4) is 0 Å². The Morgan fingerprint density at radius 3 is 2.42 bits per heavy atom. The molecule has 0 bridgehead atoms. The van der Waals surface area contributed by atoms with E-state index in [-0.39, 0.29) is 6.10 Å². The first-order valence-corrected chi connectivity index (χ1v) is 6.73. The van der Waals surface area contributed by atoms with Gasteiger partial charge in [-0.25, -0.2) is 4.79 Å². The number of carbonyl (C=O) groups is 1. The molecule has 1 aromatic carbocycles. The van der Waals surface area contributed by atoms with Crippen molar-refractivity contribution in [2.45, 2.75) is 37.3 Å². The quantitative estimate of drug-likeness (QED) is 0.891. The Balaban J connectivity index is 2.12. The summed E-state index contributed by atoms with van der Waals surface area (Å²) in [4.78, 5) is 11.6. The molecule has 0 aromatic heterocycles. The van der Waals surface area contributed by atoms with Gasteiger partial charge in [-0.2, -0.15) is 0 Å². The number of halogens is 1. The van der Waals surface area contributed by atoms with Gasteiger partial charge in [0, 0.05) is 17.8 Å². The first kappa shape index (κ1) is 14.2. The van der Waals surface area contributed by atoms with Crippen molar-refractivity contribution in [3.8, 4) is 0 Å². The van der Waals surface area contributed by atoms with Crippen LogP contribution in [0.2, 0.25) is 5.02 Å². The molecule has 0 aliphatic heterocycles. The Morgan fingerprint density at radius 2 is 1.95 bits per heavy atom. The topological polar surface area (TPSA) is 58.6 Å². The molecule has 19 heavy (non-hydrogen) atoms. The van der Waals surface area contributed by atoms with Crippen LogP contribution in [0.4, 0.5) is 5.69 Å². The molecular weight excluding hydrogens is 266 g/mol. The molecular formula is C14H18ClNO3. The van der Waals surface area contributed by atoms with E-state index in [0.29, 0.717) is 17.9 Å². The van der Waals surface area contributed by atoms with Gasteiger partial charge in [-0.1, -0.05) is 11.6 Å². The first-order chi connectivity index (χ1) is 9.05. The maximum atomic E-state index is 11.6. The highest BCUT2D eigenvalue weighted by Crippen LogP contribution is 2.33. The molecule has 5 heteroatoms. The SMILES string of the molecule is COC1CCC(Nc2ccc(Cl)cc2)(C(=O)O)CC1. The van der Waals surface area contributed by atoms with Crippen LogP contribution in [0.15, 0.2) is 24.3 Å². The summed E-state index contributed by atoms with van der Waals surface area (Å²) in [6.07, 6.45) is 2.79. The second-order valence-corrected chi connectivity index (χ2v) is 5.39. The van der Waals surface area contributed by atoms with Crippen molar-refractivity contribution in [3.05, 3.63) is 29.3 Å². The standard InChI is InChI=1S/C14H18ClNO3/c1-19-12-6-8-14(9-7-12,13(17)18)16-11-4-2-10(15)3-5-11/h2-5,12,16H,6-9H2,1H3,(H,17,18). The van der Waals surface area contributed by atoms with E-state index in [1.165, 1.54) is 0 Å². The summed E-state index contributed by atoms with van der Waals surface area (Å²) in [7, 11) is 1.67. The summed E-state index contributed by atoms with van der Waals surface area (Å²) in [5.41, 5.74) is -0.120. The third-order valence-corrected chi connectivity index (χ3v) is 4.01. The number of anilines is 1. The van der Waals surface area contributed by atoms with Crippen molar-refractivity contribution in [3.63, 3.8) is 0 Å². The van der Waals surface area contributed by atoms with E-state index in [1.54, 1.807) is 31.4 Å². The number of nitrogens with one attached hydrogen (secondary N) is 1. The van der Waals surface area contributed by atoms with Crippen molar-refractivity contribution in [1.29, 1.82) is 0 Å². The smallest absolute Gasteiger partial charge is 0.329 e.